The lowest BCUT2D eigenvalue weighted by molar-refractivity contribution is -0.418. The molecule has 0 radical (unpaired) electrons. The monoisotopic (exact) mass is 155 g/mol. The minimum Gasteiger partial charge on any atom is -0.258 e. The van der Waals surface area contributed by atoms with Gasteiger partial charge in [-0.3, -0.25) is 10.1 Å². The first-order valence-corrected chi connectivity index (χ1v) is 3.02. The number of hydrogen-bond donors (Lipinski definition) is 0. The third-order valence-electron chi connectivity index (χ3n) is 0.690. The molecule has 0 rings (SSSR count). The molecule has 0 saturated carbocycles. The van der Waals surface area contributed by atoms with Gasteiger partial charge in [0, 0.05) is 6.08 Å². The molecule has 0 amide bonds. The van der Waals surface area contributed by atoms with Gasteiger partial charge in [-0.2, -0.15) is 0 Å². The Morgan fingerprint density at radius 1 is 1.45 bits per heavy atom. The van der Waals surface area contributed by atoms with Gasteiger partial charge >= 0.3 is 0 Å². The zero-order chi connectivity index (χ0) is 9.44. The van der Waals surface area contributed by atoms with E-state index >= 15 is 0 Å². The highest BCUT2D eigenvalue weighted by molar-refractivity contribution is 5.10. The van der Waals surface area contributed by atoms with Crippen molar-refractivity contribution >= 4 is 0 Å². The van der Waals surface area contributed by atoms with Crippen molar-refractivity contribution in [2.75, 3.05) is 0 Å². The average Bonchev–Trinajstić information content (AvgIpc) is 1.90. The van der Waals surface area contributed by atoms with Crippen molar-refractivity contribution in [3.63, 3.8) is 0 Å². The molecule has 0 saturated heterocycles. The van der Waals surface area contributed by atoms with Crippen molar-refractivity contribution in [2.24, 2.45) is 0 Å². The largest absolute Gasteiger partial charge is 0.262 e. The van der Waals surface area contributed by atoms with Crippen molar-refractivity contribution in [2.45, 2.75) is 13.8 Å². The lowest BCUT2D eigenvalue weighted by Crippen LogP contribution is -1.92. The minimum absolute atomic E-state index is 0.0602. The van der Waals surface area contributed by atoms with Crippen molar-refractivity contribution in [1.82, 2.24) is 0 Å². The van der Waals surface area contributed by atoms with Gasteiger partial charge in [0.05, 0.1) is 4.92 Å². The molecular formula is C8H13NO2. The van der Waals surface area contributed by atoms with Crippen LogP contribution in [0.5, 0.6) is 0 Å². The number of nitrogens with zero attached hydrogens (tertiary/aromatic N) is 1. The summed E-state index contributed by atoms with van der Waals surface area (Å²) in [5.41, 5.74) is 0.826. The molecule has 3 nitrogen and oxygen atoms in total. The Kier molecular flexibility index (Phi) is 7.54. The van der Waals surface area contributed by atoms with E-state index in [0.29, 0.717) is 0 Å². The maximum absolute atomic E-state index is 9.90. The van der Waals surface area contributed by atoms with Crippen molar-refractivity contribution in [3.05, 3.63) is 47.2 Å². The number of rotatable bonds is 2. The van der Waals surface area contributed by atoms with E-state index in [-0.39, 0.29) is 5.70 Å². The summed E-state index contributed by atoms with van der Waals surface area (Å²) < 4.78 is 0. The fourth-order valence-electron chi connectivity index (χ4n) is 0.386. The van der Waals surface area contributed by atoms with E-state index < -0.39 is 4.92 Å². The summed E-state index contributed by atoms with van der Waals surface area (Å²) in [4.78, 5) is 9.39. The van der Waals surface area contributed by atoms with E-state index in [0.717, 1.165) is 5.57 Å². The Hall–Kier alpha value is -1.38. The highest BCUT2D eigenvalue weighted by atomic mass is 16.6. The predicted octanol–water partition coefficient (Wildman–Crippen LogP) is 2.55. The summed E-state index contributed by atoms with van der Waals surface area (Å²) in [5, 5.41) is 9.90. The van der Waals surface area contributed by atoms with Crippen LogP contribution in [0.15, 0.2) is 37.1 Å². The SMILES string of the molecule is C=C.C=C(C=C(C)C)[N+](=O)[O-]. The molecule has 0 aromatic heterocycles. The van der Waals surface area contributed by atoms with Crippen LogP contribution < -0.4 is 0 Å². The highest BCUT2D eigenvalue weighted by Crippen LogP contribution is 1.98. The Labute approximate surface area is 66.9 Å². The highest BCUT2D eigenvalue weighted by Gasteiger charge is 1.98. The van der Waals surface area contributed by atoms with Crippen LogP contribution >= 0.6 is 0 Å². The first kappa shape index (κ1) is 12.3. The van der Waals surface area contributed by atoms with Gasteiger partial charge in [0.1, 0.15) is 0 Å². The van der Waals surface area contributed by atoms with Crippen LogP contribution in [0.25, 0.3) is 0 Å². The molecule has 0 bridgehead atoms. The van der Waals surface area contributed by atoms with Gasteiger partial charge in [0.2, 0.25) is 0 Å². The van der Waals surface area contributed by atoms with Crippen LogP contribution in [-0.2, 0) is 0 Å². The second-order valence-corrected chi connectivity index (χ2v) is 1.97. The third kappa shape index (κ3) is 8.62. The van der Waals surface area contributed by atoms with E-state index in [1.807, 2.05) is 0 Å². The molecule has 0 atom stereocenters. The molecule has 0 spiro atoms. The maximum Gasteiger partial charge on any atom is 0.262 e. The van der Waals surface area contributed by atoms with E-state index in [9.17, 15) is 10.1 Å². The van der Waals surface area contributed by atoms with Gasteiger partial charge in [0.15, 0.2) is 0 Å². The van der Waals surface area contributed by atoms with Crippen LogP contribution in [0.4, 0.5) is 0 Å². The van der Waals surface area contributed by atoms with Gasteiger partial charge in [0.25, 0.3) is 5.70 Å². The van der Waals surface area contributed by atoms with Gasteiger partial charge in [-0.15, -0.1) is 13.2 Å². The summed E-state index contributed by atoms with van der Waals surface area (Å²) in [7, 11) is 0. The Bertz CT molecular complexity index is 179. The maximum atomic E-state index is 9.90. The summed E-state index contributed by atoms with van der Waals surface area (Å²) in [6.45, 7) is 12.8. The molecular weight excluding hydrogens is 142 g/mol. The van der Waals surface area contributed by atoms with Crippen LogP contribution in [0, 0.1) is 10.1 Å². The summed E-state index contributed by atoms with van der Waals surface area (Å²) in [5.74, 6) is 0. The second-order valence-electron chi connectivity index (χ2n) is 1.97. The summed E-state index contributed by atoms with van der Waals surface area (Å²) >= 11 is 0. The van der Waals surface area contributed by atoms with E-state index in [2.05, 4.69) is 19.7 Å². The van der Waals surface area contributed by atoms with Crippen LogP contribution in [0.3, 0.4) is 0 Å². The lowest BCUT2D eigenvalue weighted by Gasteiger charge is -1.87. The van der Waals surface area contributed by atoms with Gasteiger partial charge < -0.3 is 0 Å². The summed E-state index contributed by atoms with van der Waals surface area (Å²) in [6, 6.07) is 0. The fourth-order valence-corrected chi connectivity index (χ4v) is 0.386. The molecule has 0 aromatic carbocycles. The van der Waals surface area contributed by atoms with E-state index in [1.165, 1.54) is 6.08 Å². The molecule has 0 fully saturated rings. The predicted molar refractivity (Wildman–Crippen MR) is 46.8 cm³/mol. The van der Waals surface area contributed by atoms with Gasteiger partial charge in [-0.05, 0) is 20.4 Å². The Morgan fingerprint density at radius 3 is 1.91 bits per heavy atom. The standard InChI is InChI=1S/C6H9NO2.C2H4/c1-5(2)4-6(3)7(8)9;1-2/h4H,3H2,1-2H3;1-2H2. The normalized spacial score (nSPS) is 7.09. The smallest absolute Gasteiger partial charge is 0.258 e. The van der Waals surface area contributed by atoms with Crippen LogP contribution in [0.2, 0.25) is 0 Å². The Morgan fingerprint density at radius 2 is 1.82 bits per heavy atom. The molecule has 0 aliphatic heterocycles. The minimum atomic E-state index is -0.507. The topological polar surface area (TPSA) is 43.1 Å². The molecule has 11 heavy (non-hydrogen) atoms. The third-order valence-corrected chi connectivity index (χ3v) is 0.690. The molecule has 0 aliphatic rings. The quantitative estimate of drug-likeness (QED) is 0.266. The molecule has 0 aromatic rings. The number of nitro groups is 1. The second kappa shape index (κ2) is 6.74. The van der Waals surface area contributed by atoms with Crippen molar-refractivity contribution < 1.29 is 4.92 Å². The molecule has 0 aliphatic carbocycles. The van der Waals surface area contributed by atoms with Crippen molar-refractivity contribution in [3.8, 4) is 0 Å². The Balaban J connectivity index is 0. The van der Waals surface area contributed by atoms with Gasteiger partial charge in [-0.1, -0.05) is 5.57 Å². The number of hydrogen-bond acceptors (Lipinski definition) is 2. The van der Waals surface area contributed by atoms with Gasteiger partial charge in [-0.25, -0.2) is 0 Å². The molecule has 3 heteroatoms. The summed E-state index contributed by atoms with van der Waals surface area (Å²) in [6.07, 6.45) is 1.43. The average molecular weight is 155 g/mol. The number of allylic oxidation sites excluding steroid dienone is 2. The van der Waals surface area contributed by atoms with E-state index in [4.69, 9.17) is 0 Å². The van der Waals surface area contributed by atoms with E-state index in [1.54, 1.807) is 13.8 Å². The molecule has 0 unspecified atom stereocenters. The lowest BCUT2D eigenvalue weighted by atomic mass is 10.3. The van der Waals surface area contributed by atoms with Crippen LogP contribution in [0.1, 0.15) is 13.8 Å². The zero-order valence-electron chi connectivity index (χ0n) is 6.96. The molecule has 0 heterocycles. The van der Waals surface area contributed by atoms with Crippen molar-refractivity contribution in [1.29, 1.82) is 0 Å². The zero-order valence-corrected chi connectivity index (χ0v) is 6.96. The first-order chi connectivity index (χ1) is 5.04. The first-order valence-electron chi connectivity index (χ1n) is 3.02. The van der Waals surface area contributed by atoms with Crippen LogP contribution in [-0.4, -0.2) is 4.92 Å². The molecule has 62 valence electrons. The fraction of sp³-hybridized carbons (Fsp3) is 0.250. The molecule has 0 N–H and O–H groups in total.